The Hall–Kier alpha value is -0.450. The van der Waals surface area contributed by atoms with E-state index < -0.39 is 0 Å². The first-order valence-corrected chi connectivity index (χ1v) is 7.95. The summed E-state index contributed by atoms with van der Waals surface area (Å²) >= 11 is 1.85. The van der Waals surface area contributed by atoms with Crippen LogP contribution in [0.5, 0.6) is 0 Å². The minimum Gasteiger partial charge on any atom is -0.316 e. The van der Waals surface area contributed by atoms with Crippen LogP contribution in [0.25, 0.3) is 0 Å². The number of hydrogen-bond acceptors (Lipinski definition) is 4. The van der Waals surface area contributed by atoms with Crippen molar-refractivity contribution in [1.29, 1.82) is 0 Å². The molecular weight excluding hydrogens is 242 g/mol. The molecule has 4 atom stereocenters. The van der Waals surface area contributed by atoms with Crippen LogP contribution < -0.4 is 5.32 Å². The zero-order valence-corrected chi connectivity index (χ0v) is 12.0. The van der Waals surface area contributed by atoms with Gasteiger partial charge in [-0.25, -0.2) is 4.98 Å². The topological polar surface area (TPSA) is 28.2 Å². The van der Waals surface area contributed by atoms with Gasteiger partial charge in [-0.1, -0.05) is 0 Å². The Balaban J connectivity index is 1.58. The molecule has 3 fully saturated rings. The molecule has 1 aromatic rings. The first-order chi connectivity index (χ1) is 8.74. The highest BCUT2D eigenvalue weighted by atomic mass is 32.1. The van der Waals surface area contributed by atoms with Gasteiger partial charge in [0.25, 0.3) is 0 Å². The van der Waals surface area contributed by atoms with Gasteiger partial charge in [0, 0.05) is 23.5 Å². The predicted octanol–water partition coefficient (Wildman–Crippen LogP) is 1.94. The molecule has 1 N–H and O–H groups in total. The van der Waals surface area contributed by atoms with E-state index in [9.17, 15) is 0 Å². The number of fused-ring (bicyclic) bond motifs is 5. The van der Waals surface area contributed by atoms with Crippen molar-refractivity contribution >= 4 is 11.3 Å². The van der Waals surface area contributed by atoms with Crippen molar-refractivity contribution in [2.75, 3.05) is 13.1 Å². The van der Waals surface area contributed by atoms with Gasteiger partial charge < -0.3 is 5.32 Å². The number of rotatable bonds is 2. The lowest BCUT2D eigenvalue weighted by Crippen LogP contribution is -2.34. The van der Waals surface area contributed by atoms with E-state index in [0.29, 0.717) is 0 Å². The van der Waals surface area contributed by atoms with Gasteiger partial charge in [0.1, 0.15) is 0 Å². The zero-order valence-electron chi connectivity index (χ0n) is 11.1. The van der Waals surface area contributed by atoms with E-state index >= 15 is 0 Å². The van der Waals surface area contributed by atoms with E-state index in [1.165, 1.54) is 41.5 Å². The van der Waals surface area contributed by atoms with Crippen molar-refractivity contribution in [2.45, 2.75) is 45.3 Å². The lowest BCUT2D eigenvalue weighted by molar-refractivity contribution is 0.216. The summed E-state index contributed by atoms with van der Waals surface area (Å²) in [5.74, 6) is 1.84. The first-order valence-electron chi connectivity index (χ1n) is 7.13. The summed E-state index contributed by atoms with van der Waals surface area (Å²) in [7, 11) is 0. The van der Waals surface area contributed by atoms with Gasteiger partial charge in [-0.2, -0.15) is 0 Å². The van der Waals surface area contributed by atoms with Gasteiger partial charge in [-0.05, 0) is 51.6 Å². The second kappa shape index (κ2) is 4.02. The van der Waals surface area contributed by atoms with Crippen LogP contribution in [-0.4, -0.2) is 35.1 Å². The van der Waals surface area contributed by atoms with E-state index in [0.717, 1.165) is 30.5 Å². The third-order valence-corrected chi connectivity index (χ3v) is 6.17. The first kappa shape index (κ1) is 11.4. The highest BCUT2D eigenvalue weighted by Crippen LogP contribution is 2.47. The van der Waals surface area contributed by atoms with E-state index in [4.69, 9.17) is 4.98 Å². The number of hydrogen-bond donors (Lipinski definition) is 1. The monoisotopic (exact) mass is 263 g/mol. The number of thiazole rings is 1. The molecule has 0 amide bonds. The maximum absolute atomic E-state index is 4.73. The summed E-state index contributed by atoms with van der Waals surface area (Å²) in [4.78, 5) is 8.92. The summed E-state index contributed by atoms with van der Waals surface area (Å²) in [5, 5.41) is 4.80. The predicted molar refractivity (Wildman–Crippen MR) is 73.8 cm³/mol. The van der Waals surface area contributed by atoms with Crippen LogP contribution in [0.2, 0.25) is 0 Å². The highest BCUT2D eigenvalue weighted by Gasteiger charge is 2.54. The van der Waals surface area contributed by atoms with E-state index in [1.54, 1.807) is 0 Å². The molecular formula is C14H21N3S. The number of aromatic nitrogens is 1. The van der Waals surface area contributed by atoms with Crippen molar-refractivity contribution in [3.63, 3.8) is 0 Å². The van der Waals surface area contributed by atoms with Crippen LogP contribution in [0.4, 0.5) is 0 Å². The molecule has 4 rings (SSSR count). The standard InChI is InChI=1S/C14H21N3S/c1-8-12(16-9(2)18-8)7-17-13-3-4-14(17)11-6-15-5-10(11)13/h10-11,13-15H,3-7H2,1-2H3/t10-,11+,13-,14+. The number of nitrogens with zero attached hydrogens (tertiary/aromatic N) is 2. The average molecular weight is 263 g/mol. The third-order valence-electron chi connectivity index (χ3n) is 5.24. The Morgan fingerprint density at radius 1 is 1.22 bits per heavy atom. The molecule has 1 aromatic heterocycles. The lowest BCUT2D eigenvalue weighted by Gasteiger charge is -2.23. The molecule has 0 saturated carbocycles. The van der Waals surface area contributed by atoms with Gasteiger partial charge >= 0.3 is 0 Å². The Morgan fingerprint density at radius 2 is 1.89 bits per heavy atom. The molecule has 2 bridgehead atoms. The molecule has 18 heavy (non-hydrogen) atoms. The van der Waals surface area contributed by atoms with Crippen molar-refractivity contribution in [1.82, 2.24) is 15.2 Å². The van der Waals surface area contributed by atoms with Crippen LogP contribution in [0.3, 0.4) is 0 Å². The van der Waals surface area contributed by atoms with Crippen molar-refractivity contribution < 1.29 is 0 Å². The van der Waals surface area contributed by atoms with Crippen LogP contribution >= 0.6 is 11.3 Å². The van der Waals surface area contributed by atoms with E-state index in [2.05, 4.69) is 24.1 Å². The van der Waals surface area contributed by atoms with Crippen LogP contribution in [-0.2, 0) is 6.54 Å². The largest absolute Gasteiger partial charge is 0.316 e. The quantitative estimate of drug-likeness (QED) is 0.884. The second-order valence-corrected chi connectivity index (χ2v) is 7.51. The average Bonchev–Trinajstić information content (AvgIpc) is 3.02. The smallest absolute Gasteiger partial charge is 0.0900 e. The Labute approximate surface area is 113 Å². The summed E-state index contributed by atoms with van der Waals surface area (Å²) in [6.45, 7) is 7.94. The Morgan fingerprint density at radius 3 is 2.44 bits per heavy atom. The molecule has 0 aliphatic carbocycles. The molecule has 0 unspecified atom stereocenters. The molecule has 4 heterocycles. The molecule has 3 aliphatic rings. The summed E-state index contributed by atoms with van der Waals surface area (Å²) in [6, 6.07) is 1.66. The normalized spacial score (nSPS) is 38.6. The minimum absolute atomic E-state index is 0.830. The summed E-state index contributed by atoms with van der Waals surface area (Å²) < 4.78 is 0. The van der Waals surface area contributed by atoms with Gasteiger partial charge in [-0.3, -0.25) is 4.90 Å². The van der Waals surface area contributed by atoms with Gasteiger partial charge in [0.2, 0.25) is 0 Å². The molecule has 3 saturated heterocycles. The highest BCUT2D eigenvalue weighted by molar-refractivity contribution is 7.11. The van der Waals surface area contributed by atoms with Crippen molar-refractivity contribution in [3.8, 4) is 0 Å². The molecule has 98 valence electrons. The fourth-order valence-electron chi connectivity index (χ4n) is 4.53. The maximum Gasteiger partial charge on any atom is 0.0900 e. The van der Waals surface area contributed by atoms with Gasteiger partial charge in [0.15, 0.2) is 0 Å². The molecule has 4 heteroatoms. The SMILES string of the molecule is Cc1nc(CN2[C@@H]3CC[C@H]2[C@H]2CNC[C@H]23)c(C)s1. The van der Waals surface area contributed by atoms with Gasteiger partial charge in [0.05, 0.1) is 10.7 Å². The fraction of sp³-hybridized carbons (Fsp3) is 0.786. The van der Waals surface area contributed by atoms with Crippen molar-refractivity contribution in [2.24, 2.45) is 11.8 Å². The lowest BCUT2D eigenvalue weighted by atomic mass is 9.82. The zero-order chi connectivity index (χ0) is 12.3. The molecule has 0 spiro atoms. The van der Waals surface area contributed by atoms with Crippen LogP contribution in [0.15, 0.2) is 0 Å². The summed E-state index contributed by atoms with van der Waals surface area (Å²) in [6.07, 6.45) is 2.82. The molecule has 3 aliphatic heterocycles. The Bertz CT molecular complexity index is 452. The molecule has 0 radical (unpaired) electrons. The maximum atomic E-state index is 4.73. The van der Waals surface area contributed by atoms with Gasteiger partial charge in [-0.15, -0.1) is 11.3 Å². The minimum atomic E-state index is 0.830. The van der Waals surface area contributed by atoms with Crippen LogP contribution in [0, 0.1) is 25.7 Å². The fourth-order valence-corrected chi connectivity index (χ4v) is 5.35. The molecule has 3 nitrogen and oxygen atoms in total. The van der Waals surface area contributed by atoms with E-state index in [1.807, 2.05) is 11.3 Å². The Kier molecular flexibility index (Phi) is 2.54. The van der Waals surface area contributed by atoms with Crippen LogP contribution in [0.1, 0.15) is 28.4 Å². The molecule has 0 aromatic carbocycles. The van der Waals surface area contributed by atoms with Crippen molar-refractivity contribution in [3.05, 3.63) is 15.6 Å². The number of nitrogens with one attached hydrogen (secondary N) is 1. The number of aryl methyl sites for hydroxylation is 2. The van der Waals surface area contributed by atoms with E-state index in [-0.39, 0.29) is 0 Å². The third kappa shape index (κ3) is 1.52. The summed E-state index contributed by atoms with van der Waals surface area (Å²) in [5.41, 5.74) is 1.34. The second-order valence-electron chi connectivity index (χ2n) is 6.11.